The van der Waals surface area contributed by atoms with Crippen molar-refractivity contribution in [3.63, 3.8) is 0 Å². The maximum absolute atomic E-state index is 12.9. The van der Waals surface area contributed by atoms with Gasteiger partial charge in [-0.05, 0) is 64.0 Å². The van der Waals surface area contributed by atoms with Gasteiger partial charge in [0.2, 0.25) is 5.91 Å². The third-order valence-corrected chi connectivity index (χ3v) is 5.45. The number of ether oxygens (including phenoxy) is 1. The van der Waals surface area contributed by atoms with Crippen molar-refractivity contribution in [3.8, 4) is 5.75 Å². The fourth-order valence-corrected chi connectivity index (χ4v) is 3.81. The number of fused-ring (bicyclic) bond motifs is 2. The van der Waals surface area contributed by atoms with Crippen molar-refractivity contribution in [2.45, 2.75) is 34.6 Å². The topological polar surface area (TPSA) is 64.4 Å². The van der Waals surface area contributed by atoms with Crippen LogP contribution in [0.15, 0.2) is 53.0 Å². The van der Waals surface area contributed by atoms with Crippen LogP contribution in [0.3, 0.4) is 0 Å². The van der Waals surface area contributed by atoms with Crippen molar-refractivity contribution in [2.24, 2.45) is 0 Å². The average molecular weight is 415 g/mol. The second kappa shape index (κ2) is 8.26. The molecule has 0 fully saturated rings. The molecule has 0 bridgehead atoms. The van der Waals surface area contributed by atoms with E-state index in [0.717, 1.165) is 55.7 Å². The number of nitrogens with zero attached hydrogens (tertiary/aromatic N) is 1. The van der Waals surface area contributed by atoms with E-state index >= 15 is 0 Å². The molecule has 0 radical (unpaired) electrons. The Kier molecular flexibility index (Phi) is 5.51. The molecule has 0 unspecified atom stereocenters. The number of furan rings is 1. The number of carbonyl (C=O) groups excluding carboxylic acids is 1. The van der Waals surface area contributed by atoms with Gasteiger partial charge in [0, 0.05) is 34.2 Å². The summed E-state index contributed by atoms with van der Waals surface area (Å²) in [4.78, 5) is 17.4. The Balaban J connectivity index is 1.71. The highest BCUT2D eigenvalue weighted by Crippen LogP contribution is 2.35. The van der Waals surface area contributed by atoms with Crippen molar-refractivity contribution >= 4 is 39.0 Å². The number of aryl methyl sites for hydroxylation is 3. The van der Waals surface area contributed by atoms with Crippen LogP contribution in [0, 0.1) is 20.8 Å². The third-order valence-electron chi connectivity index (χ3n) is 5.45. The Morgan fingerprint density at radius 2 is 1.90 bits per heavy atom. The van der Waals surface area contributed by atoms with Crippen LogP contribution >= 0.6 is 0 Å². The number of rotatable bonds is 5. The summed E-state index contributed by atoms with van der Waals surface area (Å²) in [5.74, 6) is 1.39. The van der Waals surface area contributed by atoms with Gasteiger partial charge in [-0.1, -0.05) is 18.2 Å². The number of para-hydroxylation sites is 1. The first-order valence-electron chi connectivity index (χ1n) is 10.4. The smallest absolute Gasteiger partial charge is 0.248 e. The van der Waals surface area contributed by atoms with Gasteiger partial charge in [-0.25, -0.2) is 0 Å². The van der Waals surface area contributed by atoms with Gasteiger partial charge < -0.3 is 14.5 Å². The van der Waals surface area contributed by atoms with Crippen LogP contribution in [0.5, 0.6) is 5.75 Å². The molecule has 31 heavy (non-hydrogen) atoms. The van der Waals surface area contributed by atoms with E-state index in [9.17, 15) is 4.79 Å². The zero-order valence-corrected chi connectivity index (χ0v) is 18.5. The molecule has 0 saturated carbocycles. The van der Waals surface area contributed by atoms with Crippen LogP contribution in [0.2, 0.25) is 0 Å². The molecule has 2 aromatic heterocycles. The minimum Gasteiger partial charge on any atom is -0.493 e. The zero-order chi connectivity index (χ0) is 22.1. The SMILES string of the molecule is CCOc1cc2oc(C)c(C)c2cc1/C(C)=C/C(=O)Nc1cc(C)nc2ccccc12. The Morgan fingerprint density at radius 1 is 1.13 bits per heavy atom. The molecule has 2 heterocycles. The maximum atomic E-state index is 12.9. The van der Waals surface area contributed by atoms with E-state index in [1.54, 1.807) is 6.08 Å². The second-order valence-corrected chi connectivity index (χ2v) is 7.71. The summed E-state index contributed by atoms with van der Waals surface area (Å²) < 4.78 is 11.7. The molecule has 5 heteroatoms. The van der Waals surface area contributed by atoms with Crippen molar-refractivity contribution in [3.05, 3.63) is 71.1 Å². The van der Waals surface area contributed by atoms with Gasteiger partial charge in [-0.2, -0.15) is 0 Å². The summed E-state index contributed by atoms with van der Waals surface area (Å²) in [6.07, 6.45) is 1.61. The number of aromatic nitrogens is 1. The Hall–Kier alpha value is -3.60. The van der Waals surface area contributed by atoms with E-state index < -0.39 is 0 Å². The number of allylic oxidation sites excluding steroid dienone is 1. The van der Waals surface area contributed by atoms with Crippen LogP contribution in [-0.4, -0.2) is 17.5 Å². The minimum absolute atomic E-state index is 0.198. The van der Waals surface area contributed by atoms with E-state index in [2.05, 4.69) is 10.3 Å². The highest BCUT2D eigenvalue weighted by Gasteiger charge is 2.15. The number of pyridine rings is 1. The van der Waals surface area contributed by atoms with Crippen LogP contribution in [0.1, 0.15) is 36.4 Å². The fraction of sp³-hybridized carbons (Fsp3) is 0.231. The van der Waals surface area contributed by atoms with Crippen LogP contribution in [-0.2, 0) is 4.79 Å². The lowest BCUT2D eigenvalue weighted by Gasteiger charge is -2.12. The molecule has 0 spiro atoms. The van der Waals surface area contributed by atoms with Gasteiger partial charge in [0.15, 0.2) is 0 Å². The summed E-state index contributed by atoms with van der Waals surface area (Å²) in [6.45, 7) is 10.3. The normalized spacial score (nSPS) is 11.8. The average Bonchev–Trinajstić information content (AvgIpc) is 3.00. The molecule has 0 aliphatic carbocycles. The summed E-state index contributed by atoms with van der Waals surface area (Å²) in [5.41, 5.74) is 6.03. The van der Waals surface area contributed by atoms with Crippen LogP contribution in [0.25, 0.3) is 27.4 Å². The van der Waals surface area contributed by atoms with E-state index in [4.69, 9.17) is 9.15 Å². The van der Waals surface area contributed by atoms with Gasteiger partial charge in [0.25, 0.3) is 0 Å². The monoisotopic (exact) mass is 414 g/mol. The number of hydrogen-bond acceptors (Lipinski definition) is 4. The quantitative estimate of drug-likeness (QED) is 0.387. The van der Waals surface area contributed by atoms with E-state index in [1.165, 1.54) is 0 Å². The van der Waals surface area contributed by atoms with Gasteiger partial charge >= 0.3 is 0 Å². The highest BCUT2D eigenvalue weighted by atomic mass is 16.5. The predicted octanol–water partition coefficient (Wildman–Crippen LogP) is 6.35. The van der Waals surface area contributed by atoms with Crippen molar-refractivity contribution in [2.75, 3.05) is 11.9 Å². The molecule has 1 amide bonds. The molecule has 1 N–H and O–H groups in total. The number of anilines is 1. The van der Waals surface area contributed by atoms with Crippen LogP contribution < -0.4 is 10.1 Å². The highest BCUT2D eigenvalue weighted by molar-refractivity contribution is 6.08. The van der Waals surface area contributed by atoms with Gasteiger partial charge in [-0.3, -0.25) is 9.78 Å². The van der Waals surface area contributed by atoms with Gasteiger partial charge in [0.1, 0.15) is 17.1 Å². The summed E-state index contributed by atoms with van der Waals surface area (Å²) in [7, 11) is 0. The summed E-state index contributed by atoms with van der Waals surface area (Å²) in [6, 6.07) is 13.6. The lowest BCUT2D eigenvalue weighted by atomic mass is 10.0. The maximum Gasteiger partial charge on any atom is 0.248 e. The minimum atomic E-state index is -0.198. The largest absolute Gasteiger partial charge is 0.493 e. The van der Waals surface area contributed by atoms with E-state index in [1.807, 2.05) is 77.1 Å². The number of benzene rings is 2. The Labute approximate surface area is 181 Å². The molecular weight excluding hydrogens is 388 g/mol. The number of hydrogen-bond donors (Lipinski definition) is 1. The summed E-state index contributed by atoms with van der Waals surface area (Å²) >= 11 is 0. The van der Waals surface area contributed by atoms with Gasteiger partial charge in [-0.15, -0.1) is 0 Å². The molecular formula is C26H26N2O3. The molecule has 4 rings (SSSR count). The molecule has 0 atom stereocenters. The Morgan fingerprint density at radius 3 is 2.68 bits per heavy atom. The molecule has 2 aromatic carbocycles. The predicted molar refractivity (Wildman–Crippen MR) is 126 cm³/mol. The number of carbonyl (C=O) groups is 1. The number of amides is 1. The molecule has 158 valence electrons. The van der Waals surface area contributed by atoms with E-state index in [0.29, 0.717) is 12.4 Å². The molecule has 0 aliphatic rings. The first-order chi connectivity index (χ1) is 14.9. The molecule has 5 nitrogen and oxygen atoms in total. The Bertz CT molecular complexity index is 1330. The van der Waals surface area contributed by atoms with Crippen molar-refractivity contribution in [1.29, 1.82) is 0 Å². The number of nitrogens with one attached hydrogen (secondary N) is 1. The fourth-order valence-electron chi connectivity index (χ4n) is 3.81. The first kappa shape index (κ1) is 20.7. The second-order valence-electron chi connectivity index (χ2n) is 7.71. The standard InChI is InChI=1S/C26H26N2O3/c1-6-30-24-14-25-21(17(4)18(5)31-25)13-20(24)15(2)11-26(29)28-23-12-16(3)27-22-10-8-7-9-19(22)23/h7-14H,6H2,1-5H3,(H,27,28,29)/b15-11+. The van der Waals surface area contributed by atoms with Crippen LogP contribution in [0.4, 0.5) is 5.69 Å². The lowest BCUT2D eigenvalue weighted by Crippen LogP contribution is -2.10. The summed E-state index contributed by atoms with van der Waals surface area (Å²) in [5, 5.41) is 4.95. The van der Waals surface area contributed by atoms with E-state index in [-0.39, 0.29) is 5.91 Å². The van der Waals surface area contributed by atoms with Gasteiger partial charge in [0.05, 0.1) is 17.8 Å². The molecule has 0 aliphatic heterocycles. The molecule has 4 aromatic rings. The lowest BCUT2D eigenvalue weighted by molar-refractivity contribution is -0.111. The third kappa shape index (κ3) is 4.04. The zero-order valence-electron chi connectivity index (χ0n) is 18.5. The van der Waals surface area contributed by atoms with Crippen molar-refractivity contribution in [1.82, 2.24) is 4.98 Å². The molecule has 0 saturated heterocycles. The van der Waals surface area contributed by atoms with Crippen molar-refractivity contribution < 1.29 is 13.9 Å². The first-order valence-corrected chi connectivity index (χ1v) is 10.4.